The standard InChI is InChI=1S/C13H14F2N4/c14-10-3-11(15)5-13(4-10)19-8-12(17-18-19)7-16-6-9-1-2-9/h3-5,8-9,16H,1-2,6-7H2. The number of hydrogen-bond donors (Lipinski definition) is 1. The van der Waals surface area contributed by atoms with E-state index in [2.05, 4.69) is 15.6 Å². The normalized spacial score (nSPS) is 14.8. The first-order chi connectivity index (χ1) is 9.20. The smallest absolute Gasteiger partial charge is 0.128 e. The number of benzene rings is 1. The Morgan fingerprint density at radius 1 is 1.21 bits per heavy atom. The number of rotatable bonds is 5. The van der Waals surface area contributed by atoms with Crippen molar-refractivity contribution in [3.63, 3.8) is 0 Å². The van der Waals surface area contributed by atoms with Gasteiger partial charge in [0.05, 0.1) is 17.6 Å². The van der Waals surface area contributed by atoms with Crippen LogP contribution in [0.15, 0.2) is 24.4 Å². The van der Waals surface area contributed by atoms with E-state index in [9.17, 15) is 8.78 Å². The summed E-state index contributed by atoms with van der Waals surface area (Å²) in [5, 5.41) is 11.1. The molecule has 19 heavy (non-hydrogen) atoms. The molecule has 0 spiro atoms. The van der Waals surface area contributed by atoms with Crippen LogP contribution < -0.4 is 5.32 Å². The topological polar surface area (TPSA) is 42.7 Å². The summed E-state index contributed by atoms with van der Waals surface area (Å²) in [6.07, 6.45) is 4.26. The second kappa shape index (κ2) is 5.05. The van der Waals surface area contributed by atoms with Gasteiger partial charge in [-0.2, -0.15) is 0 Å². The molecule has 1 aromatic carbocycles. The minimum atomic E-state index is -0.626. The maximum atomic E-state index is 13.1. The van der Waals surface area contributed by atoms with E-state index in [1.807, 2.05) is 0 Å². The average Bonchev–Trinajstić information content (AvgIpc) is 3.04. The van der Waals surface area contributed by atoms with Crippen molar-refractivity contribution in [2.45, 2.75) is 19.4 Å². The summed E-state index contributed by atoms with van der Waals surface area (Å²) in [6.45, 7) is 1.61. The van der Waals surface area contributed by atoms with E-state index < -0.39 is 11.6 Å². The number of halogens is 2. The van der Waals surface area contributed by atoms with Gasteiger partial charge >= 0.3 is 0 Å². The molecule has 3 rings (SSSR count). The summed E-state index contributed by atoms with van der Waals surface area (Å²) < 4.78 is 27.6. The highest BCUT2D eigenvalue weighted by atomic mass is 19.1. The second-order valence-electron chi connectivity index (χ2n) is 4.86. The van der Waals surface area contributed by atoms with E-state index in [-0.39, 0.29) is 0 Å². The van der Waals surface area contributed by atoms with Crippen LogP contribution in [0.3, 0.4) is 0 Å². The highest BCUT2D eigenvalue weighted by Crippen LogP contribution is 2.27. The number of nitrogens with one attached hydrogen (secondary N) is 1. The van der Waals surface area contributed by atoms with Gasteiger partial charge in [-0.3, -0.25) is 0 Å². The first kappa shape index (κ1) is 12.2. The van der Waals surface area contributed by atoms with Gasteiger partial charge in [0, 0.05) is 12.6 Å². The maximum absolute atomic E-state index is 13.1. The molecule has 1 heterocycles. The zero-order valence-corrected chi connectivity index (χ0v) is 10.3. The number of hydrogen-bond acceptors (Lipinski definition) is 3. The fourth-order valence-corrected chi connectivity index (χ4v) is 1.90. The minimum Gasteiger partial charge on any atom is -0.311 e. The van der Waals surface area contributed by atoms with Crippen molar-refractivity contribution in [2.24, 2.45) is 5.92 Å². The molecule has 1 saturated carbocycles. The SMILES string of the molecule is Fc1cc(F)cc(-n2cc(CNCC3CC3)nn2)c1. The van der Waals surface area contributed by atoms with Crippen molar-refractivity contribution in [1.29, 1.82) is 0 Å². The van der Waals surface area contributed by atoms with E-state index in [4.69, 9.17) is 0 Å². The molecule has 1 aromatic heterocycles. The van der Waals surface area contributed by atoms with Crippen LogP contribution in [0.5, 0.6) is 0 Å². The molecule has 6 heteroatoms. The van der Waals surface area contributed by atoms with Crippen LogP contribution in [0.1, 0.15) is 18.5 Å². The van der Waals surface area contributed by atoms with Crippen LogP contribution in [-0.2, 0) is 6.54 Å². The first-order valence-corrected chi connectivity index (χ1v) is 6.29. The Labute approximate surface area is 109 Å². The van der Waals surface area contributed by atoms with Crippen molar-refractivity contribution in [2.75, 3.05) is 6.54 Å². The molecule has 0 bridgehead atoms. The molecule has 1 N–H and O–H groups in total. The molecule has 0 amide bonds. The molecule has 1 aliphatic carbocycles. The zero-order valence-electron chi connectivity index (χ0n) is 10.3. The van der Waals surface area contributed by atoms with Gasteiger partial charge in [0.1, 0.15) is 11.6 Å². The summed E-state index contributed by atoms with van der Waals surface area (Å²) in [5.41, 5.74) is 1.09. The van der Waals surface area contributed by atoms with Crippen LogP contribution in [0.4, 0.5) is 8.78 Å². The van der Waals surface area contributed by atoms with E-state index in [1.54, 1.807) is 6.20 Å². The largest absolute Gasteiger partial charge is 0.311 e. The van der Waals surface area contributed by atoms with Gasteiger partial charge in [-0.25, -0.2) is 13.5 Å². The lowest BCUT2D eigenvalue weighted by Crippen LogP contribution is -2.16. The molecule has 4 nitrogen and oxygen atoms in total. The second-order valence-corrected chi connectivity index (χ2v) is 4.86. The lowest BCUT2D eigenvalue weighted by atomic mass is 10.3. The fraction of sp³-hybridized carbons (Fsp3) is 0.385. The molecule has 0 radical (unpaired) electrons. The molecule has 1 aliphatic rings. The van der Waals surface area contributed by atoms with Gasteiger partial charge in [-0.1, -0.05) is 5.21 Å². The highest BCUT2D eigenvalue weighted by molar-refractivity contribution is 5.31. The summed E-state index contributed by atoms with van der Waals surface area (Å²) >= 11 is 0. The van der Waals surface area contributed by atoms with Gasteiger partial charge in [-0.15, -0.1) is 5.10 Å². The summed E-state index contributed by atoms with van der Waals surface area (Å²) in [6, 6.07) is 3.27. The zero-order chi connectivity index (χ0) is 13.2. The van der Waals surface area contributed by atoms with E-state index in [1.165, 1.54) is 29.7 Å². The maximum Gasteiger partial charge on any atom is 0.128 e. The third-order valence-corrected chi connectivity index (χ3v) is 3.09. The fourth-order valence-electron chi connectivity index (χ4n) is 1.90. The van der Waals surface area contributed by atoms with Crippen molar-refractivity contribution in [1.82, 2.24) is 20.3 Å². The first-order valence-electron chi connectivity index (χ1n) is 6.29. The lowest BCUT2D eigenvalue weighted by Gasteiger charge is -2.00. The monoisotopic (exact) mass is 264 g/mol. The molecule has 0 aliphatic heterocycles. The summed E-state index contributed by atoms with van der Waals surface area (Å²) in [4.78, 5) is 0. The van der Waals surface area contributed by atoms with Crippen LogP contribution in [0.2, 0.25) is 0 Å². The molecule has 0 saturated heterocycles. The van der Waals surface area contributed by atoms with Gasteiger partial charge < -0.3 is 5.32 Å². The van der Waals surface area contributed by atoms with Crippen LogP contribution >= 0.6 is 0 Å². The molecular weight excluding hydrogens is 250 g/mol. The Hall–Kier alpha value is -1.82. The lowest BCUT2D eigenvalue weighted by molar-refractivity contribution is 0.579. The Bertz CT molecular complexity index is 558. The van der Waals surface area contributed by atoms with E-state index >= 15 is 0 Å². The summed E-state index contributed by atoms with van der Waals surface area (Å²) in [5.74, 6) is -0.454. The predicted molar refractivity (Wildman–Crippen MR) is 65.7 cm³/mol. The molecule has 2 aromatic rings. The Kier molecular flexibility index (Phi) is 3.25. The van der Waals surface area contributed by atoms with Gasteiger partial charge in [0.25, 0.3) is 0 Å². The van der Waals surface area contributed by atoms with Crippen LogP contribution in [0.25, 0.3) is 5.69 Å². The number of aromatic nitrogens is 3. The quantitative estimate of drug-likeness (QED) is 0.898. The molecule has 0 unspecified atom stereocenters. The predicted octanol–water partition coefficient (Wildman–Crippen LogP) is 2.05. The van der Waals surface area contributed by atoms with E-state index in [0.717, 1.165) is 24.2 Å². The van der Waals surface area contributed by atoms with Crippen molar-refractivity contribution < 1.29 is 8.78 Å². The minimum absolute atomic E-state index is 0.332. The van der Waals surface area contributed by atoms with Crippen molar-refractivity contribution in [3.8, 4) is 5.69 Å². The number of nitrogens with zero attached hydrogens (tertiary/aromatic N) is 3. The highest BCUT2D eigenvalue weighted by Gasteiger charge is 2.20. The molecule has 0 atom stereocenters. The third kappa shape index (κ3) is 3.14. The van der Waals surface area contributed by atoms with Gasteiger partial charge in [0.15, 0.2) is 0 Å². The molecular formula is C13H14F2N4. The van der Waals surface area contributed by atoms with Gasteiger partial charge in [-0.05, 0) is 37.4 Å². The van der Waals surface area contributed by atoms with Crippen LogP contribution in [0, 0.1) is 17.6 Å². The Balaban J connectivity index is 1.68. The molecule has 100 valence electrons. The average molecular weight is 264 g/mol. The third-order valence-electron chi connectivity index (χ3n) is 3.09. The summed E-state index contributed by atoms with van der Waals surface area (Å²) in [7, 11) is 0. The molecule has 1 fully saturated rings. The van der Waals surface area contributed by atoms with Gasteiger partial charge in [0.2, 0.25) is 0 Å². The van der Waals surface area contributed by atoms with Crippen LogP contribution in [-0.4, -0.2) is 21.5 Å². The Morgan fingerprint density at radius 2 is 1.95 bits per heavy atom. The van der Waals surface area contributed by atoms with Crippen molar-refractivity contribution >= 4 is 0 Å². The Morgan fingerprint density at radius 3 is 2.63 bits per heavy atom. The van der Waals surface area contributed by atoms with Crippen molar-refractivity contribution in [3.05, 3.63) is 41.7 Å². The van der Waals surface area contributed by atoms with E-state index in [0.29, 0.717) is 12.2 Å².